The molecule has 1 aromatic carbocycles. The van der Waals surface area contributed by atoms with Crippen molar-refractivity contribution in [2.75, 3.05) is 6.61 Å². The number of pyridine rings is 1. The molecule has 2 heterocycles. The Bertz CT molecular complexity index is 739. The number of aromatic nitrogens is 1. The van der Waals surface area contributed by atoms with Crippen molar-refractivity contribution >= 4 is 5.78 Å². The number of hydrogen-bond acceptors (Lipinski definition) is 3. The fourth-order valence-corrected chi connectivity index (χ4v) is 2.71. The van der Waals surface area contributed by atoms with E-state index in [2.05, 4.69) is 18.8 Å². The smallest absolute Gasteiger partial charge is 0.178 e. The van der Waals surface area contributed by atoms with Crippen molar-refractivity contribution in [3.05, 3.63) is 47.4 Å². The average Bonchev–Trinajstić information content (AvgIpc) is 2.85. The summed E-state index contributed by atoms with van der Waals surface area (Å²) in [6.07, 6.45) is 0.907. The summed E-state index contributed by atoms with van der Waals surface area (Å²) in [6.45, 7) is 6.29. The third kappa shape index (κ3) is 2.28. The van der Waals surface area contributed by atoms with Crippen LogP contribution < -0.4 is 4.74 Å². The van der Waals surface area contributed by atoms with Crippen LogP contribution in [0.2, 0.25) is 0 Å². The van der Waals surface area contributed by atoms with Crippen molar-refractivity contribution in [2.45, 2.75) is 32.6 Å². The van der Waals surface area contributed by atoms with Gasteiger partial charge in [0.1, 0.15) is 23.0 Å². The van der Waals surface area contributed by atoms with Gasteiger partial charge in [-0.2, -0.15) is 0 Å². The van der Waals surface area contributed by atoms with E-state index in [9.17, 15) is 9.18 Å². The highest BCUT2D eigenvalue weighted by atomic mass is 19.1. The summed E-state index contributed by atoms with van der Waals surface area (Å²) in [7, 11) is 0. The molecule has 0 saturated carbocycles. The lowest BCUT2D eigenvalue weighted by Gasteiger charge is -2.20. The number of halogens is 1. The first-order valence-electron chi connectivity index (χ1n) is 7.40. The summed E-state index contributed by atoms with van der Waals surface area (Å²) >= 11 is 0. The Morgan fingerprint density at radius 2 is 2.05 bits per heavy atom. The van der Waals surface area contributed by atoms with E-state index in [0.29, 0.717) is 23.7 Å². The third-order valence-electron chi connectivity index (χ3n) is 4.42. The number of rotatable bonds is 3. The maximum Gasteiger partial charge on any atom is 0.178 e. The molecule has 0 spiro atoms. The number of ketones is 1. The van der Waals surface area contributed by atoms with Gasteiger partial charge in [-0.25, -0.2) is 9.37 Å². The second kappa shape index (κ2) is 5.20. The number of benzene rings is 1. The van der Waals surface area contributed by atoms with E-state index in [0.717, 1.165) is 17.5 Å². The first-order chi connectivity index (χ1) is 10.4. The van der Waals surface area contributed by atoms with Crippen LogP contribution in [-0.4, -0.2) is 17.4 Å². The summed E-state index contributed by atoms with van der Waals surface area (Å²) < 4.78 is 19.0. The van der Waals surface area contributed by atoms with Gasteiger partial charge in [-0.15, -0.1) is 0 Å². The fourth-order valence-electron chi connectivity index (χ4n) is 2.71. The van der Waals surface area contributed by atoms with Gasteiger partial charge < -0.3 is 4.74 Å². The lowest BCUT2D eigenvalue weighted by Crippen LogP contribution is -2.22. The first kappa shape index (κ1) is 14.7. The largest absolute Gasteiger partial charge is 0.490 e. The van der Waals surface area contributed by atoms with E-state index < -0.39 is 0 Å². The van der Waals surface area contributed by atoms with Gasteiger partial charge in [-0.1, -0.05) is 13.8 Å². The van der Waals surface area contributed by atoms with Crippen molar-refractivity contribution < 1.29 is 13.9 Å². The van der Waals surface area contributed by atoms with E-state index in [4.69, 9.17) is 4.74 Å². The zero-order valence-corrected chi connectivity index (χ0v) is 12.9. The summed E-state index contributed by atoms with van der Waals surface area (Å²) in [5, 5.41) is 0. The molecule has 0 bridgehead atoms. The van der Waals surface area contributed by atoms with Gasteiger partial charge in [-0.05, 0) is 36.8 Å². The molecule has 0 fully saturated rings. The maximum atomic E-state index is 13.2. The minimum Gasteiger partial charge on any atom is -0.490 e. The number of fused-ring (bicyclic) bond motifs is 1. The zero-order chi connectivity index (χ0) is 15.9. The average molecular weight is 299 g/mol. The molecule has 1 aliphatic rings. The molecule has 2 aromatic rings. The van der Waals surface area contributed by atoms with Crippen LogP contribution >= 0.6 is 0 Å². The van der Waals surface area contributed by atoms with E-state index in [1.54, 1.807) is 12.1 Å². The van der Waals surface area contributed by atoms with Crippen LogP contribution in [0.3, 0.4) is 0 Å². The SMILES string of the molecule is CC[C@@]1(C)COc2c1cc(C(C)=O)nc2-c1ccc(F)cc1. The lowest BCUT2D eigenvalue weighted by molar-refractivity contribution is 0.101. The Kier molecular flexibility index (Phi) is 3.47. The molecule has 0 N–H and O–H groups in total. The van der Waals surface area contributed by atoms with Crippen LogP contribution in [-0.2, 0) is 5.41 Å². The summed E-state index contributed by atoms with van der Waals surface area (Å²) in [5.41, 5.74) is 2.66. The van der Waals surface area contributed by atoms with Crippen LogP contribution in [0.4, 0.5) is 4.39 Å². The van der Waals surface area contributed by atoms with Crippen LogP contribution in [0.15, 0.2) is 30.3 Å². The monoisotopic (exact) mass is 299 g/mol. The van der Waals surface area contributed by atoms with Crippen molar-refractivity contribution in [2.24, 2.45) is 0 Å². The van der Waals surface area contributed by atoms with Crippen molar-refractivity contribution in [1.82, 2.24) is 4.98 Å². The van der Waals surface area contributed by atoms with Gasteiger partial charge in [0, 0.05) is 23.5 Å². The van der Waals surface area contributed by atoms with Gasteiger partial charge in [0.05, 0.1) is 6.61 Å². The highest BCUT2D eigenvalue weighted by Crippen LogP contribution is 2.45. The molecule has 114 valence electrons. The second-order valence-corrected chi connectivity index (χ2v) is 6.00. The Balaban J connectivity index is 2.24. The van der Waals surface area contributed by atoms with Crippen molar-refractivity contribution in [3.63, 3.8) is 0 Å². The number of nitrogens with zero attached hydrogens (tertiary/aromatic N) is 1. The Labute approximate surface area is 129 Å². The highest BCUT2D eigenvalue weighted by Gasteiger charge is 2.37. The molecule has 0 radical (unpaired) electrons. The maximum absolute atomic E-state index is 13.2. The predicted molar refractivity (Wildman–Crippen MR) is 82.8 cm³/mol. The first-order valence-corrected chi connectivity index (χ1v) is 7.40. The Morgan fingerprint density at radius 3 is 2.64 bits per heavy atom. The normalized spacial score (nSPS) is 19.6. The van der Waals surface area contributed by atoms with Gasteiger partial charge in [0.15, 0.2) is 5.78 Å². The van der Waals surface area contributed by atoms with Gasteiger partial charge in [-0.3, -0.25) is 4.79 Å². The fraction of sp³-hybridized carbons (Fsp3) is 0.333. The van der Waals surface area contributed by atoms with Crippen LogP contribution in [0.1, 0.15) is 43.2 Å². The van der Waals surface area contributed by atoms with Gasteiger partial charge >= 0.3 is 0 Å². The minimum atomic E-state index is -0.303. The van der Waals surface area contributed by atoms with Crippen LogP contribution in [0.25, 0.3) is 11.3 Å². The van der Waals surface area contributed by atoms with Crippen LogP contribution in [0.5, 0.6) is 5.75 Å². The zero-order valence-electron chi connectivity index (χ0n) is 12.9. The Morgan fingerprint density at radius 1 is 1.36 bits per heavy atom. The Hall–Kier alpha value is -2.23. The topological polar surface area (TPSA) is 39.2 Å². The summed E-state index contributed by atoms with van der Waals surface area (Å²) in [5.74, 6) is 0.319. The molecule has 0 unspecified atom stereocenters. The number of carbonyl (C=O) groups excluding carboxylic acids is 1. The molecule has 3 nitrogen and oxygen atoms in total. The van der Waals surface area contributed by atoms with E-state index in [1.165, 1.54) is 19.1 Å². The lowest BCUT2D eigenvalue weighted by atomic mass is 9.81. The van der Waals surface area contributed by atoms with E-state index in [-0.39, 0.29) is 17.0 Å². The predicted octanol–water partition coefficient (Wildman–Crippen LogP) is 4.15. The van der Waals surface area contributed by atoms with E-state index >= 15 is 0 Å². The quantitative estimate of drug-likeness (QED) is 0.799. The number of hydrogen-bond donors (Lipinski definition) is 0. The van der Waals surface area contributed by atoms with Crippen molar-refractivity contribution in [1.29, 1.82) is 0 Å². The molecule has 0 amide bonds. The third-order valence-corrected chi connectivity index (χ3v) is 4.42. The number of carbonyl (C=O) groups is 1. The van der Waals surface area contributed by atoms with Gasteiger partial charge in [0.25, 0.3) is 0 Å². The molecule has 4 heteroatoms. The minimum absolute atomic E-state index is 0.0866. The molecule has 1 aliphatic heterocycles. The summed E-state index contributed by atoms with van der Waals surface area (Å²) in [6, 6.07) is 7.93. The molecule has 3 rings (SSSR count). The second-order valence-electron chi connectivity index (χ2n) is 6.00. The molecule has 22 heavy (non-hydrogen) atoms. The van der Waals surface area contributed by atoms with Crippen LogP contribution in [0, 0.1) is 5.82 Å². The molecule has 0 aliphatic carbocycles. The van der Waals surface area contributed by atoms with Gasteiger partial charge in [0.2, 0.25) is 0 Å². The molecule has 0 saturated heterocycles. The molecule has 1 atom stereocenters. The highest BCUT2D eigenvalue weighted by molar-refractivity contribution is 5.93. The molecule has 1 aromatic heterocycles. The molecular formula is C18H18FNO2. The van der Waals surface area contributed by atoms with Crippen molar-refractivity contribution in [3.8, 4) is 17.0 Å². The standard InChI is InChI=1S/C18H18FNO2/c1-4-18(3)10-22-17-14(18)9-15(11(2)21)20-16(17)12-5-7-13(19)8-6-12/h5-9H,4,10H2,1-3H3/t18-/m0/s1. The number of ether oxygens (including phenoxy) is 1. The summed E-state index contributed by atoms with van der Waals surface area (Å²) in [4.78, 5) is 16.3. The van der Waals surface area contributed by atoms with E-state index in [1.807, 2.05) is 6.07 Å². The number of Topliss-reactive ketones (excluding diaryl/α,β-unsaturated/α-hetero) is 1. The molecular weight excluding hydrogens is 281 g/mol.